The third-order valence-electron chi connectivity index (χ3n) is 5.49. The van der Waals surface area contributed by atoms with Gasteiger partial charge in [-0.05, 0) is 18.2 Å². The van der Waals surface area contributed by atoms with Crippen molar-refractivity contribution in [2.45, 2.75) is 12.6 Å². The lowest BCUT2D eigenvalue weighted by Crippen LogP contribution is -2.31. The summed E-state index contributed by atoms with van der Waals surface area (Å²) in [5.41, 5.74) is 6.59. The normalized spacial score (nSPS) is 12.6. The molecule has 9 heteroatoms. The van der Waals surface area contributed by atoms with Crippen LogP contribution in [0, 0.1) is 0 Å². The first-order chi connectivity index (χ1) is 17.2. The highest BCUT2D eigenvalue weighted by Crippen LogP contribution is 2.27. The zero-order chi connectivity index (χ0) is 25.7. The van der Waals surface area contributed by atoms with E-state index >= 15 is 0 Å². The van der Waals surface area contributed by atoms with E-state index in [0.29, 0.717) is 23.2 Å². The number of nitrogens with zero attached hydrogens (tertiary/aromatic N) is 1. The van der Waals surface area contributed by atoms with E-state index in [1.165, 1.54) is 0 Å². The molecule has 1 aliphatic heterocycles. The highest BCUT2D eigenvalue weighted by Gasteiger charge is 2.25. The lowest BCUT2D eigenvalue weighted by Gasteiger charge is -2.11. The van der Waals surface area contributed by atoms with Gasteiger partial charge in [0.15, 0.2) is 5.78 Å². The van der Waals surface area contributed by atoms with E-state index in [1.54, 1.807) is 6.20 Å². The molecule has 6 nitrogen and oxygen atoms in total. The van der Waals surface area contributed by atoms with Crippen LogP contribution < -0.4 is 5.32 Å². The molecule has 0 radical (unpaired) electrons. The number of rotatable bonds is 4. The minimum absolute atomic E-state index is 0.000831. The summed E-state index contributed by atoms with van der Waals surface area (Å²) in [6.45, 7) is 0.654. The number of pyridine rings is 1. The van der Waals surface area contributed by atoms with Crippen molar-refractivity contribution in [3.05, 3.63) is 101 Å². The number of amides is 1. The van der Waals surface area contributed by atoms with Crippen LogP contribution in [0.5, 0.6) is 0 Å². The van der Waals surface area contributed by atoms with Gasteiger partial charge in [-0.25, -0.2) is 0 Å². The van der Waals surface area contributed by atoms with Crippen molar-refractivity contribution in [1.29, 1.82) is 0 Å². The maximum Gasteiger partial charge on any atom is 0.446 e. The van der Waals surface area contributed by atoms with Gasteiger partial charge in [0, 0.05) is 52.8 Å². The minimum Gasteiger partial charge on any atom is -0.358 e. The predicted octanol–water partition coefficient (Wildman–Crippen LogP) is 5.01. The first kappa shape index (κ1) is 24.6. The first-order valence-corrected chi connectivity index (χ1v) is 10.9. The number of halogens is 3. The van der Waals surface area contributed by atoms with Gasteiger partial charge < -0.3 is 10.3 Å². The molecule has 1 amide bonds. The SMILES string of the molecule is O=C(c1ccccc1)c1ccc(-c2cc(-c3cc4c([nH]3)CCNC4=O)ccn2)cc1.O=CC(F)(F)F. The summed E-state index contributed by atoms with van der Waals surface area (Å²) >= 11 is 0. The number of nitrogens with one attached hydrogen (secondary N) is 2. The molecule has 0 saturated carbocycles. The summed E-state index contributed by atoms with van der Waals surface area (Å²) in [6, 6.07) is 22.5. The second kappa shape index (κ2) is 10.4. The molecule has 36 heavy (non-hydrogen) atoms. The summed E-state index contributed by atoms with van der Waals surface area (Å²) in [6.07, 6.45) is -3.14. The molecule has 5 rings (SSSR count). The van der Waals surface area contributed by atoms with Crippen molar-refractivity contribution in [1.82, 2.24) is 15.3 Å². The second-order valence-electron chi connectivity index (χ2n) is 7.94. The molecular formula is C27H20F3N3O3. The van der Waals surface area contributed by atoms with Gasteiger partial charge in [0.2, 0.25) is 6.29 Å². The van der Waals surface area contributed by atoms with Gasteiger partial charge in [-0.2, -0.15) is 13.2 Å². The molecule has 0 saturated heterocycles. The Morgan fingerprint density at radius 3 is 2.22 bits per heavy atom. The number of H-pyrrole nitrogens is 1. The Kier molecular flexibility index (Phi) is 7.10. The van der Waals surface area contributed by atoms with Crippen LogP contribution in [0.2, 0.25) is 0 Å². The first-order valence-electron chi connectivity index (χ1n) is 10.9. The number of benzene rings is 2. The molecular weight excluding hydrogens is 471 g/mol. The fourth-order valence-electron chi connectivity index (χ4n) is 3.75. The van der Waals surface area contributed by atoms with Gasteiger partial charge in [-0.3, -0.25) is 19.4 Å². The lowest BCUT2D eigenvalue weighted by atomic mass is 10.0. The van der Waals surface area contributed by atoms with Gasteiger partial charge >= 0.3 is 6.18 Å². The summed E-state index contributed by atoms with van der Waals surface area (Å²) in [5, 5.41) is 2.87. The average molecular weight is 491 g/mol. The Morgan fingerprint density at radius 1 is 0.917 bits per heavy atom. The molecule has 0 unspecified atom stereocenters. The van der Waals surface area contributed by atoms with E-state index in [2.05, 4.69) is 15.3 Å². The van der Waals surface area contributed by atoms with Crippen molar-refractivity contribution in [3.8, 4) is 22.5 Å². The molecule has 0 bridgehead atoms. The maximum atomic E-state index is 12.6. The Balaban J connectivity index is 0.000000455. The van der Waals surface area contributed by atoms with E-state index in [0.717, 1.165) is 34.6 Å². The number of hydrogen-bond donors (Lipinski definition) is 2. The third kappa shape index (κ3) is 5.75. The highest BCUT2D eigenvalue weighted by molar-refractivity contribution is 6.09. The van der Waals surface area contributed by atoms with Crippen molar-refractivity contribution in [3.63, 3.8) is 0 Å². The molecule has 2 N–H and O–H groups in total. The van der Waals surface area contributed by atoms with Crippen molar-refractivity contribution in [2.75, 3.05) is 6.54 Å². The quantitative estimate of drug-likeness (QED) is 0.310. The van der Waals surface area contributed by atoms with Crippen LogP contribution >= 0.6 is 0 Å². The Bertz CT molecular complexity index is 1400. The molecule has 1 aliphatic rings. The Hall–Kier alpha value is -4.53. The van der Waals surface area contributed by atoms with Crippen LogP contribution in [0.15, 0.2) is 79.0 Å². The Morgan fingerprint density at radius 2 is 1.58 bits per heavy atom. The zero-order valence-corrected chi connectivity index (χ0v) is 18.8. The van der Waals surface area contributed by atoms with Crippen molar-refractivity contribution >= 4 is 18.0 Å². The number of fused-ring (bicyclic) bond motifs is 1. The second-order valence-corrected chi connectivity index (χ2v) is 7.94. The van der Waals surface area contributed by atoms with Gasteiger partial charge in [0.1, 0.15) is 0 Å². The van der Waals surface area contributed by atoms with E-state index in [-0.39, 0.29) is 11.7 Å². The number of carbonyl (C=O) groups excluding carboxylic acids is 3. The van der Waals surface area contributed by atoms with Crippen LogP contribution in [-0.4, -0.2) is 40.7 Å². The number of aromatic amines is 1. The smallest absolute Gasteiger partial charge is 0.358 e. The lowest BCUT2D eigenvalue weighted by molar-refractivity contribution is -0.156. The molecule has 2 aromatic carbocycles. The van der Waals surface area contributed by atoms with Crippen molar-refractivity contribution < 1.29 is 27.6 Å². The molecule has 0 spiro atoms. The predicted molar refractivity (Wildman–Crippen MR) is 127 cm³/mol. The Labute approximate surface area is 204 Å². The van der Waals surface area contributed by atoms with E-state index < -0.39 is 12.5 Å². The van der Waals surface area contributed by atoms with E-state index in [4.69, 9.17) is 4.79 Å². The fraction of sp³-hybridized carbons (Fsp3) is 0.111. The summed E-state index contributed by atoms with van der Waals surface area (Å²) < 4.78 is 31.2. The molecule has 4 aromatic rings. The number of carbonyl (C=O) groups is 3. The van der Waals surface area contributed by atoms with Gasteiger partial charge in [-0.1, -0.05) is 54.6 Å². The van der Waals surface area contributed by atoms with Gasteiger partial charge in [0.05, 0.1) is 11.3 Å². The molecule has 0 fully saturated rings. The zero-order valence-electron chi connectivity index (χ0n) is 18.8. The number of hydrogen-bond acceptors (Lipinski definition) is 4. The highest BCUT2D eigenvalue weighted by atomic mass is 19.4. The van der Waals surface area contributed by atoms with Crippen LogP contribution in [0.3, 0.4) is 0 Å². The standard InChI is InChI=1S/C25H19N3O2.C2HF3O/c29-24(17-4-2-1-3-5-17)18-8-6-16(7-9-18)22-14-19(10-12-26-22)23-15-20-21(28-23)11-13-27-25(20)30;3-2(4,5)1-6/h1-10,12,14-15,28H,11,13H2,(H,27,30);1H. The largest absolute Gasteiger partial charge is 0.446 e. The van der Waals surface area contributed by atoms with Crippen molar-refractivity contribution in [2.24, 2.45) is 0 Å². The number of aldehydes is 1. The fourth-order valence-corrected chi connectivity index (χ4v) is 3.75. The number of ketones is 1. The maximum absolute atomic E-state index is 12.6. The molecule has 0 aliphatic carbocycles. The topological polar surface area (TPSA) is 91.9 Å². The van der Waals surface area contributed by atoms with Crippen LogP contribution in [0.1, 0.15) is 32.0 Å². The summed E-state index contributed by atoms with van der Waals surface area (Å²) in [5.74, 6) is -0.0363. The van der Waals surface area contributed by atoms with Crippen LogP contribution in [-0.2, 0) is 11.2 Å². The molecule has 0 atom stereocenters. The molecule has 3 heterocycles. The summed E-state index contributed by atoms with van der Waals surface area (Å²) in [4.78, 5) is 41.2. The molecule has 182 valence electrons. The number of aromatic nitrogens is 2. The minimum atomic E-state index is -4.64. The average Bonchev–Trinajstić information content (AvgIpc) is 3.35. The van der Waals surface area contributed by atoms with E-state index in [9.17, 15) is 22.8 Å². The molecule has 2 aromatic heterocycles. The summed E-state index contributed by atoms with van der Waals surface area (Å²) in [7, 11) is 0. The van der Waals surface area contributed by atoms with Gasteiger partial charge in [0.25, 0.3) is 5.91 Å². The van der Waals surface area contributed by atoms with Gasteiger partial charge in [-0.15, -0.1) is 0 Å². The van der Waals surface area contributed by atoms with Crippen LogP contribution in [0.4, 0.5) is 13.2 Å². The number of alkyl halides is 3. The van der Waals surface area contributed by atoms with Crippen LogP contribution in [0.25, 0.3) is 22.5 Å². The van der Waals surface area contributed by atoms with E-state index in [1.807, 2.05) is 72.8 Å². The monoisotopic (exact) mass is 491 g/mol. The third-order valence-corrected chi connectivity index (χ3v) is 5.49.